The molecular weight excluding hydrogens is 228 g/mol. The summed E-state index contributed by atoms with van der Waals surface area (Å²) in [6, 6.07) is 4.02. The number of nitrogens with zero attached hydrogens (tertiary/aromatic N) is 2. The van der Waals surface area contributed by atoms with Gasteiger partial charge in [-0.3, -0.25) is 4.99 Å². The van der Waals surface area contributed by atoms with Crippen molar-refractivity contribution < 1.29 is 0 Å². The lowest BCUT2D eigenvalue weighted by Gasteiger charge is -2.11. The molecule has 0 spiro atoms. The summed E-state index contributed by atoms with van der Waals surface area (Å²) in [5.41, 5.74) is 2.21. The molecule has 1 aromatic rings. The van der Waals surface area contributed by atoms with Crippen molar-refractivity contribution in [2.45, 2.75) is 31.0 Å². The van der Waals surface area contributed by atoms with Gasteiger partial charge >= 0.3 is 0 Å². The number of aliphatic imine (C=N–C) groups is 1. The smallest absolute Gasteiger partial charge is 0.0995 e. The maximum absolute atomic E-state index is 4.38. The molecule has 0 N–H and O–H groups in total. The van der Waals surface area contributed by atoms with Crippen LogP contribution in [0.3, 0.4) is 0 Å². The molecule has 1 heterocycles. The summed E-state index contributed by atoms with van der Waals surface area (Å²) in [7, 11) is 0. The first-order chi connectivity index (χ1) is 8.19. The van der Waals surface area contributed by atoms with E-state index in [1.165, 1.54) is 5.56 Å². The minimum Gasteiger partial charge on any atom is -0.261 e. The fraction of sp³-hybridized carbons (Fsp3) is 0.286. The van der Waals surface area contributed by atoms with E-state index in [1.807, 2.05) is 31.3 Å². The van der Waals surface area contributed by atoms with E-state index in [0.717, 1.165) is 10.7 Å². The van der Waals surface area contributed by atoms with Crippen LogP contribution in [0, 0.1) is 6.92 Å². The Labute approximate surface area is 108 Å². The predicted octanol–water partition coefficient (Wildman–Crippen LogP) is 4.03. The number of allylic oxidation sites excluding steroid dienone is 2. The highest BCUT2D eigenvalue weighted by atomic mass is 32.2. The highest BCUT2D eigenvalue weighted by Gasteiger charge is 2.11. The third-order valence-electron chi connectivity index (χ3n) is 2.24. The molecule has 1 atom stereocenters. The zero-order valence-corrected chi connectivity index (χ0v) is 11.4. The van der Waals surface area contributed by atoms with E-state index in [1.54, 1.807) is 18.0 Å². The number of aromatic nitrogens is 1. The van der Waals surface area contributed by atoms with Gasteiger partial charge in [-0.2, -0.15) is 0 Å². The Kier molecular flexibility index (Phi) is 5.70. The number of rotatable bonds is 5. The highest BCUT2D eigenvalue weighted by Crippen LogP contribution is 2.25. The molecular formula is C14H18N2S. The minimum atomic E-state index is 0.262. The van der Waals surface area contributed by atoms with Gasteiger partial charge in [-0.25, -0.2) is 4.98 Å². The molecule has 0 radical (unpaired) electrons. The standard InChI is InChI=1S/C14H18N2S/c1-5-8-13(15-6-2)12(4)17-14-11(3)9-7-10-16-14/h5-10,12H,2H2,1,3-4H3/b8-5-,15-13+. The zero-order chi connectivity index (χ0) is 12.7. The lowest BCUT2D eigenvalue weighted by atomic mass is 10.2. The van der Waals surface area contributed by atoms with E-state index in [-0.39, 0.29) is 5.25 Å². The SMILES string of the molecule is C=C/N=C(\C=C/C)C(C)Sc1ncccc1C. The van der Waals surface area contributed by atoms with Crippen LogP contribution in [-0.2, 0) is 0 Å². The van der Waals surface area contributed by atoms with Gasteiger partial charge in [-0.1, -0.05) is 30.5 Å². The van der Waals surface area contributed by atoms with Crippen molar-refractivity contribution in [3.63, 3.8) is 0 Å². The van der Waals surface area contributed by atoms with Crippen LogP contribution in [0.4, 0.5) is 0 Å². The van der Waals surface area contributed by atoms with E-state index >= 15 is 0 Å². The molecule has 0 saturated carbocycles. The Hall–Kier alpha value is -1.35. The number of thioether (sulfide) groups is 1. The fourth-order valence-corrected chi connectivity index (χ4v) is 2.35. The summed E-state index contributed by atoms with van der Waals surface area (Å²) in [6.45, 7) is 9.83. The number of hydrogen-bond donors (Lipinski definition) is 0. The summed E-state index contributed by atoms with van der Waals surface area (Å²) >= 11 is 1.72. The monoisotopic (exact) mass is 246 g/mol. The minimum absolute atomic E-state index is 0.262. The molecule has 2 nitrogen and oxygen atoms in total. The Balaban J connectivity index is 2.84. The van der Waals surface area contributed by atoms with Crippen molar-refractivity contribution in [3.05, 3.63) is 48.8 Å². The third-order valence-corrected chi connectivity index (χ3v) is 3.49. The van der Waals surface area contributed by atoms with Gasteiger partial charge in [-0.15, -0.1) is 0 Å². The highest BCUT2D eigenvalue weighted by molar-refractivity contribution is 8.00. The van der Waals surface area contributed by atoms with Crippen molar-refractivity contribution in [1.82, 2.24) is 4.98 Å². The van der Waals surface area contributed by atoms with E-state index in [2.05, 4.69) is 36.5 Å². The maximum atomic E-state index is 4.38. The van der Waals surface area contributed by atoms with E-state index in [9.17, 15) is 0 Å². The van der Waals surface area contributed by atoms with Crippen LogP contribution < -0.4 is 0 Å². The molecule has 0 aliphatic carbocycles. The van der Waals surface area contributed by atoms with Crippen molar-refractivity contribution in [1.29, 1.82) is 0 Å². The van der Waals surface area contributed by atoms with Crippen LogP contribution in [0.5, 0.6) is 0 Å². The molecule has 0 saturated heterocycles. The lowest BCUT2D eigenvalue weighted by Crippen LogP contribution is -2.10. The summed E-state index contributed by atoms with van der Waals surface area (Å²) in [6.07, 6.45) is 7.40. The molecule has 1 aromatic heterocycles. The molecule has 0 aliphatic heterocycles. The lowest BCUT2D eigenvalue weighted by molar-refractivity contribution is 1.07. The van der Waals surface area contributed by atoms with Gasteiger partial charge in [0.05, 0.1) is 16.0 Å². The van der Waals surface area contributed by atoms with Crippen molar-refractivity contribution in [3.8, 4) is 0 Å². The Morgan fingerprint density at radius 2 is 2.35 bits per heavy atom. The summed E-state index contributed by atoms with van der Waals surface area (Å²) in [4.78, 5) is 8.66. The summed E-state index contributed by atoms with van der Waals surface area (Å²) < 4.78 is 0. The fourth-order valence-electron chi connectivity index (χ4n) is 1.38. The van der Waals surface area contributed by atoms with Crippen LogP contribution in [-0.4, -0.2) is 15.9 Å². The van der Waals surface area contributed by atoms with Crippen LogP contribution in [0.1, 0.15) is 19.4 Å². The average Bonchev–Trinajstić information content (AvgIpc) is 2.32. The number of pyridine rings is 1. The Bertz CT molecular complexity index is 436. The first-order valence-corrected chi connectivity index (χ1v) is 6.46. The molecule has 0 amide bonds. The molecule has 0 bridgehead atoms. The van der Waals surface area contributed by atoms with E-state index in [0.29, 0.717) is 0 Å². The molecule has 0 fully saturated rings. The summed E-state index contributed by atoms with van der Waals surface area (Å²) in [5.74, 6) is 0. The first kappa shape index (κ1) is 13.7. The topological polar surface area (TPSA) is 25.2 Å². The van der Waals surface area contributed by atoms with Gasteiger partial charge < -0.3 is 0 Å². The Morgan fingerprint density at radius 1 is 1.59 bits per heavy atom. The van der Waals surface area contributed by atoms with E-state index < -0.39 is 0 Å². The molecule has 1 unspecified atom stereocenters. The second-order valence-electron chi connectivity index (χ2n) is 3.62. The first-order valence-electron chi connectivity index (χ1n) is 5.58. The van der Waals surface area contributed by atoms with Gasteiger partial charge in [-0.05, 0) is 38.5 Å². The maximum Gasteiger partial charge on any atom is 0.0995 e. The van der Waals surface area contributed by atoms with Gasteiger partial charge in [0.15, 0.2) is 0 Å². The zero-order valence-electron chi connectivity index (χ0n) is 10.6. The van der Waals surface area contributed by atoms with Crippen LogP contribution in [0.15, 0.2) is 53.3 Å². The van der Waals surface area contributed by atoms with Gasteiger partial charge in [0.2, 0.25) is 0 Å². The molecule has 17 heavy (non-hydrogen) atoms. The number of hydrogen-bond acceptors (Lipinski definition) is 3. The quantitative estimate of drug-likeness (QED) is 0.579. The van der Waals surface area contributed by atoms with Crippen LogP contribution in [0.2, 0.25) is 0 Å². The second kappa shape index (κ2) is 7.07. The van der Waals surface area contributed by atoms with Gasteiger partial charge in [0.25, 0.3) is 0 Å². The molecule has 0 aliphatic rings. The third kappa shape index (κ3) is 4.19. The van der Waals surface area contributed by atoms with Crippen molar-refractivity contribution >= 4 is 17.5 Å². The second-order valence-corrected chi connectivity index (χ2v) is 4.95. The van der Waals surface area contributed by atoms with E-state index in [4.69, 9.17) is 0 Å². The predicted molar refractivity (Wildman–Crippen MR) is 76.7 cm³/mol. The molecule has 3 heteroatoms. The van der Waals surface area contributed by atoms with Crippen LogP contribution >= 0.6 is 11.8 Å². The van der Waals surface area contributed by atoms with Crippen molar-refractivity contribution in [2.75, 3.05) is 0 Å². The van der Waals surface area contributed by atoms with Gasteiger partial charge in [0, 0.05) is 12.4 Å². The summed E-state index contributed by atoms with van der Waals surface area (Å²) in [5, 5.41) is 1.32. The van der Waals surface area contributed by atoms with Gasteiger partial charge in [0.1, 0.15) is 0 Å². The molecule has 0 aromatic carbocycles. The van der Waals surface area contributed by atoms with Crippen molar-refractivity contribution in [2.24, 2.45) is 4.99 Å². The number of aryl methyl sites for hydroxylation is 1. The Morgan fingerprint density at radius 3 is 2.94 bits per heavy atom. The van der Waals surface area contributed by atoms with Crippen LogP contribution in [0.25, 0.3) is 0 Å². The molecule has 90 valence electrons. The molecule has 1 rings (SSSR count). The average molecular weight is 246 g/mol. The largest absolute Gasteiger partial charge is 0.261 e. The normalized spacial score (nSPS) is 13.9.